The van der Waals surface area contributed by atoms with Crippen molar-refractivity contribution in [3.8, 4) is 0 Å². The van der Waals surface area contributed by atoms with Crippen LogP contribution in [0.3, 0.4) is 0 Å². The van der Waals surface area contributed by atoms with Crippen molar-refractivity contribution in [3.05, 3.63) is 35.1 Å². The minimum Gasteiger partial charge on any atom is -0.459 e. The molecule has 0 heterocycles. The monoisotopic (exact) mass is 250 g/mol. The van der Waals surface area contributed by atoms with Gasteiger partial charge in [0.1, 0.15) is 5.82 Å². The first-order chi connectivity index (χ1) is 7.73. The van der Waals surface area contributed by atoms with Crippen LogP contribution in [0.25, 0.3) is 0 Å². The van der Waals surface area contributed by atoms with Crippen LogP contribution in [0.15, 0.2) is 18.2 Å². The first-order valence-electron chi connectivity index (χ1n) is 4.80. The predicted octanol–water partition coefficient (Wildman–Crippen LogP) is 3.41. The van der Waals surface area contributed by atoms with Gasteiger partial charge in [0.15, 0.2) is 0 Å². The van der Waals surface area contributed by atoms with Crippen LogP contribution in [-0.4, -0.2) is 12.1 Å². The van der Waals surface area contributed by atoms with Crippen LogP contribution in [0.4, 0.5) is 17.6 Å². The van der Waals surface area contributed by atoms with Crippen molar-refractivity contribution in [2.45, 2.75) is 26.1 Å². The van der Waals surface area contributed by atoms with Gasteiger partial charge >= 0.3 is 12.1 Å². The maximum Gasteiger partial charge on any atom is 0.419 e. The molecule has 0 N–H and O–H groups in total. The molecule has 1 aromatic carbocycles. The quantitative estimate of drug-likeness (QED) is 0.594. The summed E-state index contributed by atoms with van der Waals surface area (Å²) in [6.07, 6.45) is -5.37. The van der Waals surface area contributed by atoms with E-state index in [4.69, 9.17) is 0 Å². The summed E-state index contributed by atoms with van der Waals surface area (Å²) in [5, 5.41) is 0. The van der Waals surface area contributed by atoms with E-state index in [2.05, 4.69) is 4.74 Å². The van der Waals surface area contributed by atoms with E-state index < -0.39 is 35.2 Å². The molecule has 0 fully saturated rings. The summed E-state index contributed by atoms with van der Waals surface area (Å²) in [5.41, 5.74) is -2.19. The van der Waals surface area contributed by atoms with Gasteiger partial charge < -0.3 is 4.74 Å². The number of alkyl halides is 3. The maximum absolute atomic E-state index is 13.4. The van der Waals surface area contributed by atoms with E-state index in [0.29, 0.717) is 6.07 Å². The Kier molecular flexibility index (Phi) is 3.75. The number of halogens is 4. The van der Waals surface area contributed by atoms with E-state index in [1.165, 1.54) is 13.8 Å². The molecule has 2 nitrogen and oxygen atoms in total. The summed E-state index contributed by atoms with van der Waals surface area (Å²) < 4.78 is 55.2. The molecule has 17 heavy (non-hydrogen) atoms. The zero-order valence-corrected chi connectivity index (χ0v) is 9.14. The molecule has 0 aliphatic carbocycles. The molecule has 0 saturated heterocycles. The van der Waals surface area contributed by atoms with Gasteiger partial charge in [0, 0.05) is 0 Å². The number of ether oxygens (including phenoxy) is 1. The fraction of sp³-hybridized carbons (Fsp3) is 0.364. The molecule has 0 aliphatic heterocycles. The van der Waals surface area contributed by atoms with Crippen LogP contribution in [0, 0.1) is 5.82 Å². The van der Waals surface area contributed by atoms with Gasteiger partial charge in [-0.25, -0.2) is 9.18 Å². The number of carbonyl (C=O) groups is 1. The summed E-state index contributed by atoms with van der Waals surface area (Å²) in [6, 6.07) is 2.49. The second-order valence-corrected chi connectivity index (χ2v) is 3.62. The SMILES string of the molecule is CC(C)OC(=O)c1cccc(C(F)(F)F)c1F. The highest BCUT2D eigenvalue weighted by Crippen LogP contribution is 2.32. The molecule has 0 bridgehead atoms. The Morgan fingerprint density at radius 2 is 1.88 bits per heavy atom. The highest BCUT2D eigenvalue weighted by molar-refractivity contribution is 5.90. The third-order valence-electron chi connectivity index (χ3n) is 1.87. The van der Waals surface area contributed by atoms with E-state index >= 15 is 0 Å². The molecule has 0 unspecified atom stereocenters. The lowest BCUT2D eigenvalue weighted by Gasteiger charge is -2.12. The van der Waals surface area contributed by atoms with Gasteiger partial charge in [-0.05, 0) is 26.0 Å². The Labute approximate surface area is 95.2 Å². The molecule has 1 aromatic rings. The van der Waals surface area contributed by atoms with Gasteiger partial charge in [0.25, 0.3) is 0 Å². The summed E-state index contributed by atoms with van der Waals surface area (Å²) in [4.78, 5) is 11.3. The van der Waals surface area contributed by atoms with E-state index in [0.717, 1.165) is 12.1 Å². The maximum atomic E-state index is 13.4. The molecule has 0 aromatic heterocycles. The Balaban J connectivity index is 3.15. The van der Waals surface area contributed by atoms with Gasteiger partial charge in [-0.3, -0.25) is 0 Å². The van der Waals surface area contributed by atoms with E-state index in [1.807, 2.05) is 0 Å². The molecule has 6 heteroatoms. The van der Waals surface area contributed by atoms with Crippen molar-refractivity contribution < 1.29 is 27.1 Å². The molecule has 0 aliphatic rings. The van der Waals surface area contributed by atoms with E-state index in [1.54, 1.807) is 0 Å². The minimum atomic E-state index is -4.84. The summed E-state index contributed by atoms with van der Waals surface area (Å²) in [6.45, 7) is 3.03. The third kappa shape index (κ3) is 3.18. The zero-order valence-electron chi connectivity index (χ0n) is 9.14. The van der Waals surface area contributed by atoms with Crippen LogP contribution in [-0.2, 0) is 10.9 Å². The molecule has 0 amide bonds. The van der Waals surface area contributed by atoms with Crippen molar-refractivity contribution in [1.82, 2.24) is 0 Å². The first kappa shape index (κ1) is 13.5. The fourth-order valence-corrected chi connectivity index (χ4v) is 1.19. The number of benzene rings is 1. The van der Waals surface area contributed by atoms with Gasteiger partial charge in [0.2, 0.25) is 0 Å². The molecule has 0 radical (unpaired) electrons. The average Bonchev–Trinajstić information content (AvgIpc) is 2.14. The van der Waals surface area contributed by atoms with Gasteiger partial charge in [-0.2, -0.15) is 13.2 Å². The van der Waals surface area contributed by atoms with Crippen LogP contribution >= 0.6 is 0 Å². The van der Waals surface area contributed by atoms with Crippen molar-refractivity contribution in [2.24, 2.45) is 0 Å². The van der Waals surface area contributed by atoms with Crippen LogP contribution < -0.4 is 0 Å². The molecule has 0 atom stereocenters. The second kappa shape index (κ2) is 4.73. The van der Waals surface area contributed by atoms with Gasteiger partial charge in [-0.1, -0.05) is 6.07 Å². The number of hydrogen-bond donors (Lipinski definition) is 0. The summed E-state index contributed by atoms with van der Waals surface area (Å²) >= 11 is 0. The molecule has 94 valence electrons. The molecule has 0 saturated carbocycles. The van der Waals surface area contributed by atoms with Crippen molar-refractivity contribution in [3.63, 3.8) is 0 Å². The standard InChI is InChI=1S/C11H10F4O2/c1-6(2)17-10(16)7-4-3-5-8(9(7)12)11(13,14)15/h3-6H,1-2H3. The van der Waals surface area contributed by atoms with Crippen molar-refractivity contribution in [2.75, 3.05) is 0 Å². The highest BCUT2D eigenvalue weighted by atomic mass is 19.4. The average molecular weight is 250 g/mol. The Bertz CT molecular complexity index is 424. The molecular weight excluding hydrogens is 240 g/mol. The Hall–Kier alpha value is -1.59. The lowest BCUT2D eigenvalue weighted by molar-refractivity contribution is -0.140. The fourth-order valence-electron chi connectivity index (χ4n) is 1.19. The van der Waals surface area contributed by atoms with Crippen molar-refractivity contribution >= 4 is 5.97 Å². The number of carbonyl (C=O) groups excluding carboxylic acids is 1. The minimum absolute atomic E-state index is 0.531. The molecule has 0 spiro atoms. The van der Waals surface area contributed by atoms with Crippen molar-refractivity contribution in [1.29, 1.82) is 0 Å². The smallest absolute Gasteiger partial charge is 0.419 e. The molecular formula is C11H10F4O2. The number of esters is 1. The van der Waals surface area contributed by atoms with E-state index in [9.17, 15) is 22.4 Å². The Morgan fingerprint density at radius 1 is 1.29 bits per heavy atom. The topological polar surface area (TPSA) is 26.3 Å². The predicted molar refractivity (Wildman–Crippen MR) is 52.0 cm³/mol. The first-order valence-corrected chi connectivity index (χ1v) is 4.80. The lowest BCUT2D eigenvalue weighted by atomic mass is 10.1. The Morgan fingerprint density at radius 3 is 2.35 bits per heavy atom. The zero-order chi connectivity index (χ0) is 13.2. The summed E-state index contributed by atoms with van der Waals surface area (Å²) in [7, 11) is 0. The van der Waals surface area contributed by atoms with Crippen LogP contribution in [0.5, 0.6) is 0 Å². The normalized spacial score (nSPS) is 11.7. The second-order valence-electron chi connectivity index (χ2n) is 3.62. The largest absolute Gasteiger partial charge is 0.459 e. The molecule has 1 rings (SSSR count). The lowest BCUT2D eigenvalue weighted by Crippen LogP contribution is -2.16. The van der Waals surface area contributed by atoms with Gasteiger partial charge in [-0.15, -0.1) is 0 Å². The van der Waals surface area contributed by atoms with Crippen LogP contribution in [0.1, 0.15) is 29.8 Å². The van der Waals surface area contributed by atoms with Crippen LogP contribution in [0.2, 0.25) is 0 Å². The van der Waals surface area contributed by atoms with E-state index in [-0.39, 0.29) is 0 Å². The van der Waals surface area contributed by atoms with Gasteiger partial charge in [0.05, 0.1) is 17.2 Å². The number of hydrogen-bond acceptors (Lipinski definition) is 2. The summed E-state index contributed by atoms with van der Waals surface area (Å²) in [5.74, 6) is -2.71. The highest BCUT2D eigenvalue weighted by Gasteiger charge is 2.36. The third-order valence-corrected chi connectivity index (χ3v) is 1.87. The number of rotatable bonds is 2.